The van der Waals surface area contributed by atoms with Gasteiger partial charge in [-0.1, -0.05) is 0 Å². The topological polar surface area (TPSA) is 78.8 Å². The van der Waals surface area contributed by atoms with Gasteiger partial charge in [-0.2, -0.15) is 13.5 Å². The van der Waals surface area contributed by atoms with E-state index in [1.807, 2.05) is 0 Å². The minimum atomic E-state index is -4.23. The molecule has 0 aliphatic heterocycles. The molecule has 2 N–H and O–H groups in total. The molecule has 1 aromatic rings. The Balaban J connectivity index is 2.63. The molecule has 0 aliphatic rings. The fourth-order valence-corrected chi connectivity index (χ4v) is 0.878. The zero-order valence-corrected chi connectivity index (χ0v) is 7.70. The summed E-state index contributed by atoms with van der Waals surface area (Å²) in [6, 6.07) is 5.12. The van der Waals surface area contributed by atoms with Crippen LogP contribution in [-0.2, 0) is 10.1 Å². The molecule has 0 saturated carbocycles. The van der Waals surface area contributed by atoms with Crippen molar-refractivity contribution < 1.29 is 17.4 Å². The molecule has 0 aromatic heterocycles. The first-order valence-electron chi connectivity index (χ1n) is 3.49. The van der Waals surface area contributed by atoms with Crippen molar-refractivity contribution in [3.63, 3.8) is 0 Å². The molecule has 0 unspecified atom stereocenters. The van der Waals surface area contributed by atoms with E-state index in [2.05, 4.69) is 10.5 Å². The van der Waals surface area contributed by atoms with E-state index in [-0.39, 0.29) is 0 Å². The minimum Gasteiger partial charge on any atom is -0.281 e. The minimum absolute atomic E-state index is 0.344. The Morgan fingerprint density at radius 1 is 1.36 bits per heavy atom. The summed E-state index contributed by atoms with van der Waals surface area (Å²) in [6.45, 7) is 0. The lowest BCUT2D eigenvalue weighted by molar-refractivity contribution is 0.499. The second-order valence-corrected chi connectivity index (χ2v) is 3.61. The van der Waals surface area contributed by atoms with E-state index in [0.29, 0.717) is 11.2 Å². The van der Waals surface area contributed by atoms with Gasteiger partial charge in [0.2, 0.25) is 0 Å². The number of anilines is 1. The van der Waals surface area contributed by atoms with E-state index in [1.165, 1.54) is 24.3 Å². The smallest absolute Gasteiger partial charge is 0.281 e. The standard InChI is InChI=1S/C7H7FN2O3S/c8-6-1-3-7(4-2-6)10-9-5-14(11,12)13/h1-5,10H,(H,11,12,13). The Morgan fingerprint density at radius 2 is 1.93 bits per heavy atom. The number of halogens is 1. The molecule has 0 fully saturated rings. The predicted octanol–water partition coefficient (Wildman–Crippen LogP) is 1.07. The van der Waals surface area contributed by atoms with Crippen molar-refractivity contribution in [3.05, 3.63) is 30.1 Å². The molecule has 1 aromatic carbocycles. The number of benzene rings is 1. The first-order valence-corrected chi connectivity index (χ1v) is 5.00. The van der Waals surface area contributed by atoms with E-state index in [4.69, 9.17) is 4.55 Å². The lowest BCUT2D eigenvalue weighted by atomic mass is 10.3. The molecule has 7 heteroatoms. The maximum Gasteiger partial charge on any atom is 0.306 e. The van der Waals surface area contributed by atoms with Gasteiger partial charge < -0.3 is 0 Å². The van der Waals surface area contributed by atoms with Crippen molar-refractivity contribution in [3.8, 4) is 0 Å². The van der Waals surface area contributed by atoms with Crippen LogP contribution >= 0.6 is 0 Å². The maximum atomic E-state index is 12.4. The zero-order valence-electron chi connectivity index (χ0n) is 6.88. The van der Waals surface area contributed by atoms with Crippen molar-refractivity contribution in [1.82, 2.24) is 0 Å². The van der Waals surface area contributed by atoms with Crippen molar-refractivity contribution in [2.75, 3.05) is 5.43 Å². The van der Waals surface area contributed by atoms with Crippen LogP contribution < -0.4 is 5.43 Å². The molecular weight excluding hydrogens is 211 g/mol. The van der Waals surface area contributed by atoms with Gasteiger partial charge in [0, 0.05) is 0 Å². The fourth-order valence-electron chi connectivity index (χ4n) is 0.692. The number of rotatable bonds is 3. The number of hydrogen-bond donors (Lipinski definition) is 2. The summed E-state index contributed by atoms with van der Waals surface area (Å²) >= 11 is 0. The van der Waals surface area contributed by atoms with E-state index in [1.54, 1.807) is 0 Å². The summed E-state index contributed by atoms with van der Waals surface area (Å²) in [5.74, 6) is -0.408. The highest BCUT2D eigenvalue weighted by molar-refractivity contribution is 7.99. The van der Waals surface area contributed by atoms with Gasteiger partial charge in [-0.05, 0) is 24.3 Å². The van der Waals surface area contributed by atoms with E-state index < -0.39 is 15.9 Å². The number of nitrogens with zero attached hydrogens (tertiary/aromatic N) is 1. The molecule has 0 aliphatic carbocycles. The second-order valence-electron chi connectivity index (χ2n) is 2.37. The van der Waals surface area contributed by atoms with Crippen LogP contribution in [0.5, 0.6) is 0 Å². The van der Waals surface area contributed by atoms with Gasteiger partial charge in [-0.3, -0.25) is 9.98 Å². The summed E-state index contributed by atoms with van der Waals surface area (Å²) in [5.41, 5.74) is 3.04. The van der Waals surface area contributed by atoms with Gasteiger partial charge >= 0.3 is 10.1 Å². The molecular formula is C7H7FN2O3S. The first kappa shape index (κ1) is 10.6. The Morgan fingerprint density at radius 3 is 2.43 bits per heavy atom. The van der Waals surface area contributed by atoms with Crippen molar-refractivity contribution in [2.24, 2.45) is 5.10 Å². The first-order chi connectivity index (χ1) is 6.47. The summed E-state index contributed by atoms with van der Waals surface area (Å²) in [7, 11) is -4.23. The second kappa shape index (κ2) is 4.16. The highest BCUT2D eigenvalue weighted by Gasteiger charge is 1.96. The van der Waals surface area contributed by atoms with Crippen molar-refractivity contribution >= 4 is 21.4 Å². The third-order valence-corrected chi connectivity index (χ3v) is 1.60. The van der Waals surface area contributed by atoms with Crippen LogP contribution in [0.15, 0.2) is 29.4 Å². The molecule has 0 spiro atoms. The Bertz CT molecular complexity index is 427. The summed E-state index contributed by atoms with van der Waals surface area (Å²) in [5, 5.41) is 3.21. The SMILES string of the molecule is O=S(=O)(O)C=NNc1ccc(F)cc1. The Kier molecular flexibility index (Phi) is 3.15. The van der Waals surface area contributed by atoms with E-state index in [0.717, 1.165) is 0 Å². The number of hydrazone groups is 1. The fraction of sp³-hybridized carbons (Fsp3) is 0. The highest BCUT2D eigenvalue weighted by atomic mass is 32.2. The van der Waals surface area contributed by atoms with Gasteiger partial charge in [0.1, 0.15) is 5.82 Å². The number of hydrogen-bond acceptors (Lipinski definition) is 4. The maximum absolute atomic E-state index is 12.4. The summed E-state index contributed by atoms with van der Waals surface area (Å²) in [6.07, 6.45) is 0. The molecule has 5 nitrogen and oxygen atoms in total. The quantitative estimate of drug-likeness (QED) is 0.344. The van der Waals surface area contributed by atoms with Crippen molar-refractivity contribution in [2.45, 2.75) is 0 Å². The molecule has 0 amide bonds. The van der Waals surface area contributed by atoms with Gasteiger partial charge in [-0.15, -0.1) is 0 Å². The average Bonchev–Trinajstić information content (AvgIpc) is 2.06. The molecule has 14 heavy (non-hydrogen) atoms. The molecule has 0 radical (unpaired) electrons. The van der Waals surface area contributed by atoms with Gasteiger partial charge in [-0.25, -0.2) is 4.39 Å². The lowest BCUT2D eigenvalue weighted by Gasteiger charge is -1.97. The monoisotopic (exact) mass is 218 g/mol. The van der Waals surface area contributed by atoms with Crippen LogP contribution in [0.25, 0.3) is 0 Å². The third-order valence-electron chi connectivity index (χ3n) is 1.22. The van der Waals surface area contributed by atoms with Gasteiger partial charge in [0.25, 0.3) is 0 Å². The molecule has 0 bridgehead atoms. The van der Waals surface area contributed by atoms with Crippen LogP contribution in [0, 0.1) is 5.82 Å². The molecule has 0 atom stereocenters. The van der Waals surface area contributed by atoms with Crippen molar-refractivity contribution in [1.29, 1.82) is 0 Å². The highest BCUT2D eigenvalue weighted by Crippen LogP contribution is 2.07. The van der Waals surface area contributed by atoms with Gasteiger partial charge in [0.05, 0.1) is 5.69 Å². The van der Waals surface area contributed by atoms with Crippen LogP contribution in [0.1, 0.15) is 0 Å². The zero-order chi connectivity index (χ0) is 10.6. The van der Waals surface area contributed by atoms with Crippen LogP contribution in [0.4, 0.5) is 10.1 Å². The van der Waals surface area contributed by atoms with E-state index in [9.17, 15) is 12.8 Å². The summed E-state index contributed by atoms with van der Waals surface area (Å²) < 4.78 is 41.0. The van der Waals surface area contributed by atoms with Crippen LogP contribution in [0.3, 0.4) is 0 Å². The third kappa shape index (κ3) is 3.97. The molecule has 0 saturated heterocycles. The van der Waals surface area contributed by atoms with E-state index >= 15 is 0 Å². The molecule has 0 heterocycles. The predicted molar refractivity (Wildman–Crippen MR) is 50.1 cm³/mol. The lowest BCUT2D eigenvalue weighted by Crippen LogP contribution is -2.00. The van der Waals surface area contributed by atoms with Gasteiger partial charge in [0.15, 0.2) is 5.55 Å². The average molecular weight is 218 g/mol. The number of nitrogens with one attached hydrogen (secondary N) is 1. The summed E-state index contributed by atoms with van der Waals surface area (Å²) in [4.78, 5) is 0. The van der Waals surface area contributed by atoms with Crippen LogP contribution in [0.2, 0.25) is 0 Å². The van der Waals surface area contributed by atoms with Crippen LogP contribution in [-0.4, -0.2) is 18.5 Å². The largest absolute Gasteiger partial charge is 0.306 e. The molecule has 1 rings (SSSR count). The Hall–Kier alpha value is -1.47. The normalized spacial score (nSPS) is 11.9. The Labute approximate surface area is 80.0 Å². The molecule has 76 valence electrons.